The predicted octanol–water partition coefficient (Wildman–Crippen LogP) is 4.95. The second-order valence-electron chi connectivity index (χ2n) is 10.2. The first-order valence-electron chi connectivity index (χ1n) is 11.1. The first-order chi connectivity index (χ1) is 11.8. The minimum atomic E-state index is 0.654. The summed E-state index contributed by atoms with van der Waals surface area (Å²) in [5.41, 5.74) is 0. The van der Waals surface area contributed by atoms with Crippen molar-refractivity contribution in [3.63, 3.8) is 0 Å². The maximum absolute atomic E-state index is 6.08. The zero-order valence-corrected chi connectivity index (χ0v) is 15.1. The van der Waals surface area contributed by atoms with E-state index in [1.165, 1.54) is 64.2 Å². The highest BCUT2D eigenvalue weighted by Crippen LogP contribution is 2.54. The standard InChI is InChI=1S/C22H34O2/c1-3-15(19-7-5-17-11-21(19)23-17)10-14-2-4-16(9-13(1)14)20-8-6-18-12-22(20)24-18/h13-22H,1-12H2. The molecule has 0 aromatic rings. The minimum absolute atomic E-state index is 0.654. The summed E-state index contributed by atoms with van der Waals surface area (Å²) in [7, 11) is 0. The van der Waals surface area contributed by atoms with Crippen molar-refractivity contribution >= 4 is 0 Å². The monoisotopic (exact) mass is 330 g/mol. The van der Waals surface area contributed by atoms with Gasteiger partial charge in [0.1, 0.15) is 0 Å². The fraction of sp³-hybridized carbons (Fsp3) is 1.00. The van der Waals surface area contributed by atoms with Crippen molar-refractivity contribution in [2.24, 2.45) is 35.5 Å². The average Bonchev–Trinajstić information content (AvgIpc) is 2.59. The zero-order valence-electron chi connectivity index (χ0n) is 15.1. The molecule has 0 aromatic heterocycles. The molecular formula is C22H34O2. The molecule has 4 bridgehead atoms. The molecule has 4 aliphatic carbocycles. The van der Waals surface area contributed by atoms with Crippen LogP contribution < -0.4 is 0 Å². The molecule has 8 fully saturated rings. The van der Waals surface area contributed by atoms with E-state index in [-0.39, 0.29) is 0 Å². The van der Waals surface area contributed by atoms with Crippen molar-refractivity contribution in [3.05, 3.63) is 0 Å². The van der Waals surface area contributed by atoms with Gasteiger partial charge in [0.05, 0.1) is 24.4 Å². The van der Waals surface area contributed by atoms with Crippen LogP contribution in [0.4, 0.5) is 0 Å². The molecule has 0 amide bonds. The molecule has 4 aliphatic heterocycles. The van der Waals surface area contributed by atoms with E-state index in [0.29, 0.717) is 24.4 Å². The average molecular weight is 331 g/mol. The largest absolute Gasteiger partial charge is 0.374 e. The molecule has 4 saturated heterocycles. The van der Waals surface area contributed by atoms with E-state index >= 15 is 0 Å². The number of hydrogen-bond acceptors (Lipinski definition) is 2. The first kappa shape index (κ1) is 15.0. The molecule has 0 N–H and O–H groups in total. The van der Waals surface area contributed by atoms with Gasteiger partial charge in [0.2, 0.25) is 0 Å². The molecule has 134 valence electrons. The molecule has 24 heavy (non-hydrogen) atoms. The normalized spacial score (nSPS) is 59.0. The molecule has 2 nitrogen and oxygen atoms in total. The summed E-state index contributed by atoms with van der Waals surface area (Å²) in [6.45, 7) is 0. The van der Waals surface area contributed by atoms with E-state index < -0.39 is 0 Å². The molecule has 0 spiro atoms. The van der Waals surface area contributed by atoms with Gasteiger partial charge in [-0.2, -0.15) is 0 Å². The summed E-state index contributed by atoms with van der Waals surface area (Å²) in [5.74, 6) is 5.95. The summed E-state index contributed by atoms with van der Waals surface area (Å²) >= 11 is 0. The van der Waals surface area contributed by atoms with Gasteiger partial charge in [-0.3, -0.25) is 0 Å². The Morgan fingerprint density at radius 3 is 1.21 bits per heavy atom. The third-order valence-corrected chi connectivity index (χ3v) is 9.23. The Morgan fingerprint density at radius 2 is 0.833 bits per heavy atom. The molecular weight excluding hydrogens is 296 g/mol. The van der Waals surface area contributed by atoms with Gasteiger partial charge in [0, 0.05) is 12.8 Å². The fourth-order valence-electron chi connectivity index (χ4n) is 7.86. The third-order valence-electron chi connectivity index (χ3n) is 9.23. The number of fused-ring (bicyclic) bond motifs is 5. The molecule has 0 radical (unpaired) electrons. The second kappa shape index (κ2) is 5.71. The van der Waals surface area contributed by atoms with Gasteiger partial charge >= 0.3 is 0 Å². The molecule has 10 atom stereocenters. The van der Waals surface area contributed by atoms with Gasteiger partial charge in [0.15, 0.2) is 0 Å². The van der Waals surface area contributed by atoms with Crippen molar-refractivity contribution in [2.45, 2.75) is 101 Å². The van der Waals surface area contributed by atoms with Crippen LogP contribution in [0.25, 0.3) is 0 Å². The Hall–Kier alpha value is -0.0800. The van der Waals surface area contributed by atoms with Gasteiger partial charge < -0.3 is 9.47 Å². The van der Waals surface area contributed by atoms with Crippen molar-refractivity contribution < 1.29 is 9.47 Å². The molecule has 10 unspecified atom stereocenters. The number of hydrogen-bond donors (Lipinski definition) is 0. The third kappa shape index (κ3) is 2.35. The Kier molecular flexibility index (Phi) is 3.57. The van der Waals surface area contributed by atoms with E-state index in [0.717, 1.165) is 35.5 Å². The van der Waals surface area contributed by atoms with E-state index in [4.69, 9.17) is 9.47 Å². The minimum Gasteiger partial charge on any atom is -0.374 e. The zero-order chi connectivity index (χ0) is 15.7. The van der Waals surface area contributed by atoms with Gasteiger partial charge in [-0.1, -0.05) is 0 Å². The number of ether oxygens (including phenoxy) is 2. The van der Waals surface area contributed by atoms with Gasteiger partial charge in [-0.15, -0.1) is 0 Å². The van der Waals surface area contributed by atoms with Crippen LogP contribution in [0.5, 0.6) is 0 Å². The summed E-state index contributed by atoms with van der Waals surface area (Å²) in [4.78, 5) is 0. The maximum atomic E-state index is 6.08. The Morgan fingerprint density at radius 1 is 0.417 bits per heavy atom. The first-order valence-corrected chi connectivity index (χ1v) is 11.1. The van der Waals surface area contributed by atoms with E-state index in [2.05, 4.69) is 0 Å². The van der Waals surface area contributed by atoms with Crippen molar-refractivity contribution in [1.82, 2.24) is 0 Å². The predicted molar refractivity (Wildman–Crippen MR) is 93.7 cm³/mol. The van der Waals surface area contributed by atoms with Crippen LogP contribution >= 0.6 is 0 Å². The van der Waals surface area contributed by atoms with E-state index in [1.54, 1.807) is 12.8 Å². The van der Waals surface area contributed by atoms with E-state index in [1.807, 2.05) is 0 Å². The van der Waals surface area contributed by atoms with Gasteiger partial charge in [-0.25, -0.2) is 0 Å². The SMILES string of the molecule is C1CC(C2CCC3CC(C4CCC5CC4O5)CCC3C2)C2CC1O2. The highest BCUT2D eigenvalue weighted by atomic mass is 16.5. The van der Waals surface area contributed by atoms with Crippen molar-refractivity contribution in [3.8, 4) is 0 Å². The van der Waals surface area contributed by atoms with Crippen LogP contribution in [-0.4, -0.2) is 24.4 Å². The van der Waals surface area contributed by atoms with Crippen LogP contribution in [-0.2, 0) is 9.47 Å². The second-order valence-corrected chi connectivity index (χ2v) is 10.2. The smallest absolute Gasteiger partial charge is 0.0634 e. The lowest BCUT2D eigenvalue weighted by atomic mass is 9.57. The van der Waals surface area contributed by atoms with Crippen molar-refractivity contribution in [1.29, 1.82) is 0 Å². The summed E-state index contributed by atoms with van der Waals surface area (Å²) in [6.07, 6.45) is 20.2. The lowest BCUT2D eigenvalue weighted by Crippen LogP contribution is -2.52. The summed E-state index contributed by atoms with van der Waals surface area (Å²) < 4.78 is 12.2. The summed E-state index contributed by atoms with van der Waals surface area (Å²) in [6, 6.07) is 0. The summed E-state index contributed by atoms with van der Waals surface area (Å²) in [5, 5.41) is 0. The Balaban J connectivity index is 1.08. The van der Waals surface area contributed by atoms with Crippen LogP contribution in [0.1, 0.15) is 77.0 Å². The molecule has 4 heterocycles. The van der Waals surface area contributed by atoms with Crippen molar-refractivity contribution in [2.75, 3.05) is 0 Å². The maximum Gasteiger partial charge on any atom is 0.0634 e. The molecule has 2 heteroatoms. The van der Waals surface area contributed by atoms with E-state index in [9.17, 15) is 0 Å². The highest BCUT2D eigenvalue weighted by Gasteiger charge is 2.49. The molecule has 4 saturated carbocycles. The Labute approximate surface area is 147 Å². The van der Waals surface area contributed by atoms with Gasteiger partial charge in [0.25, 0.3) is 0 Å². The van der Waals surface area contributed by atoms with Crippen LogP contribution in [0, 0.1) is 35.5 Å². The topological polar surface area (TPSA) is 18.5 Å². The Bertz CT molecular complexity index is 429. The molecule has 8 aliphatic rings. The molecule has 0 aromatic carbocycles. The lowest BCUT2D eigenvalue weighted by Gasteiger charge is -2.54. The lowest BCUT2D eigenvalue weighted by molar-refractivity contribution is -0.205. The fourth-order valence-corrected chi connectivity index (χ4v) is 7.86. The van der Waals surface area contributed by atoms with Crippen LogP contribution in [0.15, 0.2) is 0 Å². The highest BCUT2D eigenvalue weighted by molar-refractivity contribution is 4.99. The quantitative estimate of drug-likeness (QED) is 0.713. The molecule has 8 rings (SSSR count). The van der Waals surface area contributed by atoms with Gasteiger partial charge in [-0.05, 0) is 99.7 Å². The number of rotatable bonds is 2. The van der Waals surface area contributed by atoms with Crippen LogP contribution in [0.3, 0.4) is 0 Å². The van der Waals surface area contributed by atoms with Crippen LogP contribution in [0.2, 0.25) is 0 Å².